The van der Waals surface area contributed by atoms with Gasteiger partial charge < -0.3 is 10.2 Å². The summed E-state index contributed by atoms with van der Waals surface area (Å²) in [6.45, 7) is 5.37. The Labute approximate surface area is 100.0 Å². The second kappa shape index (κ2) is 7.40. The monoisotopic (exact) mass is 258 g/mol. The van der Waals surface area contributed by atoms with Gasteiger partial charge in [0.2, 0.25) is 0 Å². The van der Waals surface area contributed by atoms with Crippen molar-refractivity contribution in [2.75, 3.05) is 32.9 Å². The van der Waals surface area contributed by atoms with E-state index in [4.69, 9.17) is 0 Å². The van der Waals surface area contributed by atoms with Crippen LogP contribution in [0.1, 0.15) is 13.8 Å². The fourth-order valence-electron chi connectivity index (χ4n) is 1.32. The molecule has 0 rings (SSSR count). The SMILES string of the molecule is CC(C)C(CN(C)C)NCCSC(F)(F)F. The van der Waals surface area contributed by atoms with E-state index in [2.05, 4.69) is 19.2 Å². The van der Waals surface area contributed by atoms with Crippen LogP contribution in [0.4, 0.5) is 13.2 Å². The Morgan fingerprint density at radius 1 is 1.25 bits per heavy atom. The van der Waals surface area contributed by atoms with Crippen LogP contribution in [0.2, 0.25) is 0 Å². The number of hydrogen-bond donors (Lipinski definition) is 1. The van der Waals surface area contributed by atoms with Gasteiger partial charge in [0.25, 0.3) is 0 Å². The van der Waals surface area contributed by atoms with E-state index in [0.717, 1.165) is 6.54 Å². The third-order valence-electron chi connectivity index (χ3n) is 2.14. The molecule has 2 nitrogen and oxygen atoms in total. The van der Waals surface area contributed by atoms with Crippen molar-refractivity contribution in [3.8, 4) is 0 Å². The van der Waals surface area contributed by atoms with E-state index in [1.165, 1.54) is 0 Å². The van der Waals surface area contributed by atoms with Gasteiger partial charge in [-0.15, -0.1) is 0 Å². The lowest BCUT2D eigenvalue weighted by atomic mass is 10.0. The fraction of sp³-hybridized carbons (Fsp3) is 1.00. The molecule has 1 atom stereocenters. The molecule has 0 aromatic carbocycles. The second-order valence-corrected chi connectivity index (χ2v) is 5.52. The smallest absolute Gasteiger partial charge is 0.312 e. The number of hydrogen-bond acceptors (Lipinski definition) is 3. The summed E-state index contributed by atoms with van der Waals surface area (Å²) in [7, 11) is 3.92. The van der Waals surface area contributed by atoms with Gasteiger partial charge >= 0.3 is 5.51 Å². The van der Waals surface area contributed by atoms with Crippen molar-refractivity contribution in [3.63, 3.8) is 0 Å². The van der Waals surface area contributed by atoms with E-state index in [-0.39, 0.29) is 23.6 Å². The predicted molar refractivity (Wildman–Crippen MR) is 63.7 cm³/mol. The topological polar surface area (TPSA) is 15.3 Å². The maximum atomic E-state index is 11.9. The van der Waals surface area contributed by atoms with Crippen LogP contribution in [-0.2, 0) is 0 Å². The van der Waals surface area contributed by atoms with E-state index in [9.17, 15) is 13.2 Å². The van der Waals surface area contributed by atoms with E-state index >= 15 is 0 Å². The minimum atomic E-state index is -4.11. The van der Waals surface area contributed by atoms with Crippen LogP contribution >= 0.6 is 11.8 Å². The lowest BCUT2D eigenvalue weighted by Crippen LogP contribution is -2.43. The maximum Gasteiger partial charge on any atom is 0.441 e. The van der Waals surface area contributed by atoms with Gasteiger partial charge in [-0.2, -0.15) is 13.2 Å². The minimum absolute atomic E-state index is 0.0301. The van der Waals surface area contributed by atoms with Crippen molar-refractivity contribution in [2.45, 2.75) is 25.4 Å². The van der Waals surface area contributed by atoms with Crippen molar-refractivity contribution in [1.82, 2.24) is 10.2 Å². The molecule has 0 amide bonds. The zero-order valence-corrected chi connectivity index (χ0v) is 11.1. The number of halogens is 3. The first-order chi connectivity index (χ1) is 7.22. The molecule has 0 saturated heterocycles. The van der Waals surface area contributed by atoms with Gasteiger partial charge in [0, 0.05) is 24.9 Å². The molecule has 98 valence electrons. The molecule has 0 aliphatic carbocycles. The van der Waals surface area contributed by atoms with E-state index in [0.29, 0.717) is 12.5 Å². The zero-order valence-electron chi connectivity index (χ0n) is 10.3. The fourth-order valence-corrected chi connectivity index (χ4v) is 1.77. The van der Waals surface area contributed by atoms with Gasteiger partial charge in [-0.3, -0.25) is 0 Å². The highest BCUT2D eigenvalue weighted by Crippen LogP contribution is 2.29. The Bertz CT molecular complexity index is 183. The van der Waals surface area contributed by atoms with Crippen molar-refractivity contribution < 1.29 is 13.2 Å². The molecule has 0 saturated carbocycles. The number of likely N-dealkylation sites (N-methyl/N-ethyl adjacent to an activating group) is 1. The van der Waals surface area contributed by atoms with Crippen LogP contribution in [-0.4, -0.2) is 49.4 Å². The molecule has 0 aliphatic heterocycles. The van der Waals surface area contributed by atoms with Gasteiger partial charge in [-0.1, -0.05) is 13.8 Å². The Hall–Kier alpha value is 0.0600. The molecule has 1 N–H and O–H groups in total. The molecule has 16 heavy (non-hydrogen) atoms. The summed E-state index contributed by atoms with van der Waals surface area (Å²) < 4.78 is 35.6. The highest BCUT2D eigenvalue weighted by molar-refractivity contribution is 8.00. The Morgan fingerprint density at radius 2 is 1.81 bits per heavy atom. The Balaban J connectivity index is 3.77. The number of nitrogens with one attached hydrogen (secondary N) is 1. The largest absolute Gasteiger partial charge is 0.441 e. The van der Waals surface area contributed by atoms with Crippen molar-refractivity contribution >= 4 is 11.8 Å². The molecule has 0 radical (unpaired) electrons. The highest BCUT2D eigenvalue weighted by atomic mass is 32.2. The van der Waals surface area contributed by atoms with E-state index in [1.54, 1.807) is 0 Å². The van der Waals surface area contributed by atoms with Crippen LogP contribution in [0.15, 0.2) is 0 Å². The summed E-state index contributed by atoms with van der Waals surface area (Å²) in [6.07, 6.45) is 0. The summed E-state index contributed by atoms with van der Waals surface area (Å²) in [6, 6.07) is 0.240. The number of alkyl halides is 3. The number of rotatable bonds is 7. The van der Waals surface area contributed by atoms with Gasteiger partial charge in [-0.05, 0) is 31.8 Å². The normalized spacial score (nSPS) is 14.8. The molecule has 0 heterocycles. The molecule has 1 unspecified atom stereocenters. The second-order valence-electron chi connectivity index (χ2n) is 4.36. The zero-order chi connectivity index (χ0) is 12.8. The number of nitrogens with zero attached hydrogens (tertiary/aromatic N) is 1. The third kappa shape index (κ3) is 9.30. The molecule has 0 fully saturated rings. The first-order valence-corrected chi connectivity index (χ1v) is 6.29. The molecule has 0 aromatic heterocycles. The standard InChI is InChI=1S/C10H21F3N2S/c1-8(2)9(7-15(3)4)14-5-6-16-10(11,12)13/h8-9,14H,5-7H2,1-4H3. The van der Waals surface area contributed by atoms with Crippen LogP contribution < -0.4 is 5.32 Å². The molecular weight excluding hydrogens is 237 g/mol. The van der Waals surface area contributed by atoms with Gasteiger partial charge in [0.05, 0.1) is 0 Å². The van der Waals surface area contributed by atoms with Crippen LogP contribution in [0.25, 0.3) is 0 Å². The molecule has 0 bridgehead atoms. The summed E-state index contributed by atoms with van der Waals surface area (Å²) in [4.78, 5) is 2.04. The van der Waals surface area contributed by atoms with Crippen molar-refractivity contribution in [3.05, 3.63) is 0 Å². The van der Waals surface area contributed by atoms with Crippen LogP contribution in [0.5, 0.6) is 0 Å². The van der Waals surface area contributed by atoms with Gasteiger partial charge in [0.15, 0.2) is 0 Å². The highest BCUT2D eigenvalue weighted by Gasteiger charge is 2.27. The Morgan fingerprint density at radius 3 is 2.19 bits per heavy atom. The molecule has 0 aliphatic rings. The predicted octanol–water partition coefficient (Wildman–Crippen LogP) is 2.42. The van der Waals surface area contributed by atoms with Gasteiger partial charge in [-0.25, -0.2) is 0 Å². The lowest BCUT2D eigenvalue weighted by molar-refractivity contribution is -0.0327. The average molecular weight is 258 g/mol. The third-order valence-corrected chi connectivity index (χ3v) is 2.88. The number of thioether (sulfide) groups is 1. The first-order valence-electron chi connectivity index (χ1n) is 5.31. The Kier molecular flexibility index (Phi) is 7.43. The molecule has 0 aromatic rings. The van der Waals surface area contributed by atoms with Gasteiger partial charge in [0.1, 0.15) is 0 Å². The average Bonchev–Trinajstić information content (AvgIpc) is 2.07. The molecular formula is C10H21F3N2S. The summed E-state index contributed by atoms with van der Waals surface area (Å²) in [5.74, 6) is 0.485. The van der Waals surface area contributed by atoms with E-state index < -0.39 is 5.51 Å². The van der Waals surface area contributed by atoms with Crippen LogP contribution in [0, 0.1) is 5.92 Å². The minimum Gasteiger partial charge on any atom is -0.312 e. The maximum absolute atomic E-state index is 11.9. The lowest BCUT2D eigenvalue weighted by Gasteiger charge is -2.25. The van der Waals surface area contributed by atoms with Crippen molar-refractivity contribution in [1.29, 1.82) is 0 Å². The first kappa shape index (κ1) is 16.1. The van der Waals surface area contributed by atoms with Crippen molar-refractivity contribution in [2.24, 2.45) is 5.92 Å². The van der Waals surface area contributed by atoms with E-state index in [1.807, 2.05) is 19.0 Å². The molecule has 6 heteroatoms. The summed E-state index contributed by atoms with van der Waals surface area (Å²) in [5, 5.41) is 3.16. The molecule has 0 spiro atoms. The quantitative estimate of drug-likeness (QED) is 0.706. The summed E-state index contributed by atoms with van der Waals surface area (Å²) >= 11 is 0.0301. The van der Waals surface area contributed by atoms with Crippen LogP contribution in [0.3, 0.4) is 0 Å². The summed E-state index contributed by atoms with van der Waals surface area (Å²) in [5.41, 5.74) is -4.11.